The lowest BCUT2D eigenvalue weighted by molar-refractivity contribution is -0.146. The Bertz CT molecular complexity index is 747. The van der Waals surface area contributed by atoms with Gasteiger partial charge >= 0.3 is 5.97 Å². The molecule has 0 bridgehead atoms. The average Bonchev–Trinajstić information content (AvgIpc) is 2.58. The van der Waals surface area contributed by atoms with E-state index in [1.165, 1.54) is 23.9 Å². The summed E-state index contributed by atoms with van der Waals surface area (Å²) in [5.41, 5.74) is 2.70. The zero-order valence-electron chi connectivity index (χ0n) is 14.2. The maximum absolute atomic E-state index is 12.8. The molecule has 0 aliphatic carbocycles. The zero-order chi connectivity index (χ0) is 18.2. The molecule has 0 saturated carbocycles. The van der Waals surface area contributed by atoms with E-state index in [9.17, 15) is 14.0 Å². The summed E-state index contributed by atoms with van der Waals surface area (Å²) in [4.78, 5) is 24.4. The highest BCUT2D eigenvalue weighted by molar-refractivity contribution is 7.99. The first-order valence-electron chi connectivity index (χ1n) is 7.85. The van der Waals surface area contributed by atoms with E-state index in [2.05, 4.69) is 5.32 Å². The van der Waals surface area contributed by atoms with E-state index in [0.717, 1.165) is 16.0 Å². The quantitative estimate of drug-likeness (QED) is 0.596. The molecule has 0 saturated heterocycles. The number of aryl methyl sites for hydroxylation is 2. The number of esters is 1. The number of hydrogen-bond acceptors (Lipinski definition) is 4. The lowest BCUT2D eigenvalue weighted by Gasteiger charge is -2.10. The minimum atomic E-state index is -0.439. The number of thioether (sulfide) groups is 1. The van der Waals surface area contributed by atoms with Crippen LogP contribution in [-0.2, 0) is 14.3 Å². The van der Waals surface area contributed by atoms with Crippen molar-refractivity contribution >= 4 is 29.3 Å². The van der Waals surface area contributed by atoms with E-state index in [1.807, 2.05) is 32.0 Å². The molecule has 2 aromatic rings. The van der Waals surface area contributed by atoms with Gasteiger partial charge in [-0.1, -0.05) is 12.1 Å². The number of nitrogens with one attached hydrogen (secondary N) is 1. The van der Waals surface area contributed by atoms with Crippen LogP contribution < -0.4 is 5.32 Å². The summed E-state index contributed by atoms with van der Waals surface area (Å²) in [6.07, 6.45) is 0.179. The first-order chi connectivity index (χ1) is 11.9. The van der Waals surface area contributed by atoms with Crippen LogP contribution in [0.15, 0.2) is 47.4 Å². The number of amides is 1. The second-order valence-corrected chi connectivity index (χ2v) is 6.75. The van der Waals surface area contributed by atoms with Gasteiger partial charge in [0.15, 0.2) is 6.61 Å². The van der Waals surface area contributed by atoms with Crippen LogP contribution in [0.2, 0.25) is 0 Å². The van der Waals surface area contributed by atoms with Gasteiger partial charge in [0.1, 0.15) is 5.82 Å². The smallest absolute Gasteiger partial charge is 0.307 e. The van der Waals surface area contributed by atoms with Gasteiger partial charge in [0.05, 0.1) is 6.42 Å². The Morgan fingerprint density at radius 1 is 1.12 bits per heavy atom. The molecule has 0 unspecified atom stereocenters. The average molecular weight is 361 g/mol. The largest absolute Gasteiger partial charge is 0.456 e. The molecule has 6 heteroatoms. The number of carbonyl (C=O) groups excluding carboxylic acids is 2. The van der Waals surface area contributed by atoms with Crippen molar-refractivity contribution in [1.82, 2.24) is 0 Å². The predicted octanol–water partition coefficient (Wildman–Crippen LogP) is 4.11. The third-order valence-electron chi connectivity index (χ3n) is 3.42. The van der Waals surface area contributed by atoms with Gasteiger partial charge in [-0.25, -0.2) is 4.39 Å². The molecule has 0 heterocycles. The van der Waals surface area contributed by atoms with Crippen LogP contribution in [-0.4, -0.2) is 24.2 Å². The van der Waals surface area contributed by atoms with Crippen molar-refractivity contribution in [3.8, 4) is 0 Å². The van der Waals surface area contributed by atoms with Gasteiger partial charge in [-0.15, -0.1) is 11.8 Å². The van der Waals surface area contributed by atoms with Crippen LogP contribution in [0.3, 0.4) is 0 Å². The minimum Gasteiger partial charge on any atom is -0.456 e. The lowest BCUT2D eigenvalue weighted by Crippen LogP contribution is -2.21. The number of anilines is 1. The maximum atomic E-state index is 12.8. The van der Waals surface area contributed by atoms with Crippen LogP contribution in [0.25, 0.3) is 0 Å². The third-order valence-corrected chi connectivity index (χ3v) is 4.43. The van der Waals surface area contributed by atoms with Gasteiger partial charge in [-0.3, -0.25) is 9.59 Å². The minimum absolute atomic E-state index is 0.179. The highest BCUT2D eigenvalue weighted by Crippen LogP contribution is 2.19. The molecule has 2 rings (SSSR count). The molecule has 0 radical (unpaired) electrons. The van der Waals surface area contributed by atoms with E-state index >= 15 is 0 Å². The molecular formula is C19H20FNO3S. The highest BCUT2D eigenvalue weighted by Gasteiger charge is 2.09. The number of hydrogen-bond donors (Lipinski definition) is 1. The molecule has 0 fully saturated rings. The number of benzene rings is 2. The summed E-state index contributed by atoms with van der Waals surface area (Å²) >= 11 is 1.43. The number of ether oxygens (including phenoxy) is 1. The highest BCUT2D eigenvalue weighted by atomic mass is 32.2. The standard InChI is InChI=1S/C19H20FNO3S/c1-13-3-4-14(2)17(11-13)21-18(22)12-24-19(23)9-10-25-16-7-5-15(20)6-8-16/h3-8,11H,9-10,12H2,1-2H3,(H,21,22). The Kier molecular flexibility index (Phi) is 7.01. The molecule has 0 aliphatic heterocycles. The van der Waals surface area contributed by atoms with Crippen LogP contribution in [0.1, 0.15) is 17.5 Å². The number of rotatable bonds is 7. The van der Waals surface area contributed by atoms with Crippen molar-refractivity contribution in [2.45, 2.75) is 25.2 Å². The Labute approximate surface area is 150 Å². The second-order valence-electron chi connectivity index (χ2n) is 5.58. The monoisotopic (exact) mass is 361 g/mol. The summed E-state index contributed by atoms with van der Waals surface area (Å²) in [7, 11) is 0. The molecule has 0 spiro atoms. The molecule has 4 nitrogen and oxygen atoms in total. The molecular weight excluding hydrogens is 341 g/mol. The van der Waals surface area contributed by atoms with Gasteiger partial charge in [0.2, 0.25) is 0 Å². The van der Waals surface area contributed by atoms with Crippen molar-refractivity contribution in [3.05, 3.63) is 59.4 Å². The molecule has 132 valence electrons. The van der Waals surface area contributed by atoms with Crippen molar-refractivity contribution < 1.29 is 18.7 Å². The number of halogens is 1. The third kappa shape index (κ3) is 6.58. The Hall–Kier alpha value is -2.34. The number of carbonyl (C=O) groups is 2. The normalized spacial score (nSPS) is 10.4. The van der Waals surface area contributed by atoms with E-state index in [1.54, 1.807) is 12.1 Å². The van der Waals surface area contributed by atoms with Gasteiger partial charge in [0.25, 0.3) is 5.91 Å². The molecule has 0 atom stereocenters. The van der Waals surface area contributed by atoms with Crippen molar-refractivity contribution in [1.29, 1.82) is 0 Å². The summed E-state index contributed by atoms with van der Waals surface area (Å²) < 4.78 is 17.8. The van der Waals surface area contributed by atoms with E-state index in [4.69, 9.17) is 4.74 Å². The van der Waals surface area contributed by atoms with Crippen molar-refractivity contribution in [2.24, 2.45) is 0 Å². The van der Waals surface area contributed by atoms with Crippen LogP contribution in [0, 0.1) is 19.7 Å². The van der Waals surface area contributed by atoms with Crippen LogP contribution in [0.4, 0.5) is 10.1 Å². The molecule has 1 N–H and O–H groups in total. The molecule has 1 amide bonds. The zero-order valence-corrected chi connectivity index (χ0v) is 15.0. The predicted molar refractivity (Wildman–Crippen MR) is 97.2 cm³/mol. The summed E-state index contributed by atoms with van der Waals surface area (Å²) in [5.74, 6) is -0.596. The van der Waals surface area contributed by atoms with Crippen LogP contribution >= 0.6 is 11.8 Å². The van der Waals surface area contributed by atoms with Crippen LogP contribution in [0.5, 0.6) is 0 Å². The van der Waals surface area contributed by atoms with Gasteiger partial charge in [-0.2, -0.15) is 0 Å². The molecule has 2 aromatic carbocycles. The van der Waals surface area contributed by atoms with Gasteiger partial charge < -0.3 is 10.1 Å². The first kappa shape index (κ1) is 19.0. The molecule has 0 aliphatic rings. The van der Waals surface area contributed by atoms with Gasteiger partial charge in [0, 0.05) is 16.3 Å². The fourth-order valence-corrected chi connectivity index (χ4v) is 2.89. The summed E-state index contributed by atoms with van der Waals surface area (Å²) in [6.45, 7) is 3.52. The summed E-state index contributed by atoms with van der Waals surface area (Å²) in [6, 6.07) is 11.8. The summed E-state index contributed by atoms with van der Waals surface area (Å²) in [5, 5.41) is 2.74. The Balaban J connectivity index is 1.69. The van der Waals surface area contributed by atoms with E-state index < -0.39 is 5.97 Å². The van der Waals surface area contributed by atoms with E-state index in [0.29, 0.717) is 11.4 Å². The SMILES string of the molecule is Cc1ccc(C)c(NC(=O)COC(=O)CCSc2ccc(F)cc2)c1. The van der Waals surface area contributed by atoms with Crippen molar-refractivity contribution in [3.63, 3.8) is 0 Å². The van der Waals surface area contributed by atoms with Crippen molar-refractivity contribution in [2.75, 3.05) is 17.7 Å². The Morgan fingerprint density at radius 3 is 2.56 bits per heavy atom. The van der Waals surface area contributed by atoms with Gasteiger partial charge in [-0.05, 0) is 55.3 Å². The van der Waals surface area contributed by atoms with E-state index in [-0.39, 0.29) is 24.8 Å². The fraction of sp³-hybridized carbons (Fsp3) is 0.263. The fourth-order valence-electron chi connectivity index (χ4n) is 2.06. The first-order valence-corrected chi connectivity index (χ1v) is 8.83. The Morgan fingerprint density at radius 2 is 1.84 bits per heavy atom. The molecule has 0 aromatic heterocycles. The molecule has 25 heavy (non-hydrogen) atoms. The lowest BCUT2D eigenvalue weighted by atomic mass is 10.1. The second kappa shape index (κ2) is 9.22. The maximum Gasteiger partial charge on any atom is 0.307 e. The topological polar surface area (TPSA) is 55.4 Å².